The third-order valence-corrected chi connectivity index (χ3v) is 5.85. The molecular formula is C26H24N6O4. The first-order valence-corrected chi connectivity index (χ1v) is 11.3. The second kappa shape index (κ2) is 9.88. The first-order valence-electron chi connectivity index (χ1n) is 11.3. The van der Waals surface area contributed by atoms with Gasteiger partial charge in [0.25, 0.3) is 5.91 Å². The lowest BCUT2D eigenvalue weighted by Crippen LogP contribution is -2.39. The molecular weight excluding hydrogens is 460 g/mol. The topological polar surface area (TPSA) is 149 Å². The largest absolute Gasteiger partial charge is 0.507 e. The van der Waals surface area contributed by atoms with E-state index in [4.69, 9.17) is 4.74 Å². The molecule has 0 bridgehead atoms. The summed E-state index contributed by atoms with van der Waals surface area (Å²) in [5.41, 5.74) is 4.59. The number of nitrogens with one attached hydrogen (secondary N) is 3. The average molecular weight is 485 g/mol. The number of methoxy groups -OCH3 is 1. The number of amides is 1. The van der Waals surface area contributed by atoms with Crippen molar-refractivity contribution in [1.29, 1.82) is 0 Å². The summed E-state index contributed by atoms with van der Waals surface area (Å²) < 4.78 is 5.37. The summed E-state index contributed by atoms with van der Waals surface area (Å²) in [5, 5.41) is 23.1. The highest BCUT2D eigenvalue weighted by atomic mass is 16.5. The summed E-state index contributed by atoms with van der Waals surface area (Å²) in [6.45, 7) is -0.210. The third kappa shape index (κ3) is 4.62. The quantitative estimate of drug-likeness (QED) is 0.227. The Morgan fingerprint density at radius 3 is 2.83 bits per heavy atom. The molecule has 1 atom stereocenters. The van der Waals surface area contributed by atoms with Gasteiger partial charge in [-0.15, -0.1) is 0 Å². The molecule has 5 N–H and O–H groups in total. The molecule has 0 radical (unpaired) electrons. The van der Waals surface area contributed by atoms with Crippen LogP contribution in [0.25, 0.3) is 33.5 Å². The number of aromatic amines is 2. The standard InChI is InChI=1S/C26H24N6O4/c1-36-26-19(3-2-8-28-26)15-5-7-23(34)20(9-15)24-31-21-6-4-16(10-22(21)32-24)25(35)30-18(13-33)11-17-12-27-14-29-17/h2-10,12,14,18,33-34H,11,13H2,1H3,(H,27,29)(H,30,35)(H,31,32)/t18-/m1/s1. The lowest BCUT2D eigenvalue weighted by atomic mass is 10.0. The average Bonchev–Trinajstić information content (AvgIpc) is 3.57. The van der Waals surface area contributed by atoms with Crippen LogP contribution < -0.4 is 10.1 Å². The minimum Gasteiger partial charge on any atom is -0.507 e. The van der Waals surface area contributed by atoms with Crippen LogP contribution in [0.1, 0.15) is 16.1 Å². The Balaban J connectivity index is 1.42. The van der Waals surface area contributed by atoms with Gasteiger partial charge in [0, 0.05) is 35.6 Å². The van der Waals surface area contributed by atoms with Crippen LogP contribution >= 0.6 is 0 Å². The van der Waals surface area contributed by atoms with Gasteiger partial charge in [-0.1, -0.05) is 6.07 Å². The van der Waals surface area contributed by atoms with Gasteiger partial charge >= 0.3 is 0 Å². The van der Waals surface area contributed by atoms with Crippen LogP contribution in [0.3, 0.4) is 0 Å². The number of aliphatic hydroxyl groups excluding tert-OH is 1. The minimum absolute atomic E-state index is 0.0585. The zero-order valence-corrected chi connectivity index (χ0v) is 19.4. The second-order valence-corrected chi connectivity index (χ2v) is 8.24. The van der Waals surface area contributed by atoms with Crippen LogP contribution in [0.4, 0.5) is 0 Å². The van der Waals surface area contributed by atoms with Crippen molar-refractivity contribution in [2.75, 3.05) is 13.7 Å². The molecule has 0 unspecified atom stereocenters. The molecule has 1 amide bonds. The number of aromatic nitrogens is 5. The van der Waals surface area contributed by atoms with E-state index in [9.17, 15) is 15.0 Å². The number of phenols is 1. The molecule has 0 saturated heterocycles. The molecule has 0 aliphatic heterocycles. The smallest absolute Gasteiger partial charge is 0.251 e. The summed E-state index contributed by atoms with van der Waals surface area (Å²) in [6.07, 6.45) is 5.28. The van der Waals surface area contributed by atoms with Gasteiger partial charge in [-0.25, -0.2) is 15.0 Å². The van der Waals surface area contributed by atoms with E-state index in [1.165, 1.54) is 0 Å². The van der Waals surface area contributed by atoms with Crippen molar-refractivity contribution in [3.8, 4) is 34.1 Å². The zero-order valence-electron chi connectivity index (χ0n) is 19.4. The maximum Gasteiger partial charge on any atom is 0.251 e. The predicted molar refractivity (Wildman–Crippen MR) is 134 cm³/mol. The lowest BCUT2D eigenvalue weighted by Gasteiger charge is -2.15. The number of hydrogen-bond donors (Lipinski definition) is 5. The number of imidazole rings is 2. The van der Waals surface area contributed by atoms with Gasteiger partial charge in [0.15, 0.2) is 0 Å². The maximum absolute atomic E-state index is 12.8. The molecule has 5 aromatic rings. The molecule has 3 heterocycles. The van der Waals surface area contributed by atoms with Crippen LogP contribution in [0.5, 0.6) is 11.6 Å². The number of ether oxygens (including phenoxy) is 1. The van der Waals surface area contributed by atoms with Crippen molar-refractivity contribution >= 4 is 16.9 Å². The van der Waals surface area contributed by atoms with Gasteiger partial charge in [0.2, 0.25) is 5.88 Å². The van der Waals surface area contributed by atoms with E-state index < -0.39 is 6.04 Å². The number of nitrogens with zero attached hydrogens (tertiary/aromatic N) is 3. The number of hydrogen-bond acceptors (Lipinski definition) is 7. The Hall–Kier alpha value is -4.70. The number of carbonyl (C=O) groups excluding carboxylic acids is 1. The Kier molecular flexibility index (Phi) is 6.33. The molecule has 5 rings (SSSR count). The molecule has 0 aliphatic carbocycles. The third-order valence-electron chi connectivity index (χ3n) is 5.85. The highest BCUT2D eigenvalue weighted by molar-refractivity contribution is 5.98. The highest BCUT2D eigenvalue weighted by Gasteiger charge is 2.17. The van der Waals surface area contributed by atoms with Crippen molar-refractivity contribution in [3.63, 3.8) is 0 Å². The number of aliphatic hydroxyl groups is 1. The van der Waals surface area contributed by atoms with Crippen molar-refractivity contribution in [2.45, 2.75) is 12.5 Å². The second-order valence-electron chi connectivity index (χ2n) is 8.24. The molecule has 0 saturated carbocycles. The number of carbonyl (C=O) groups is 1. The van der Waals surface area contributed by atoms with Gasteiger partial charge in [-0.05, 0) is 48.0 Å². The molecule has 10 heteroatoms. The fourth-order valence-corrected chi connectivity index (χ4v) is 4.04. The molecule has 3 aromatic heterocycles. The first kappa shape index (κ1) is 23.1. The van der Waals surface area contributed by atoms with Crippen molar-refractivity contribution in [1.82, 2.24) is 30.2 Å². The van der Waals surface area contributed by atoms with E-state index in [0.29, 0.717) is 40.3 Å². The van der Waals surface area contributed by atoms with Crippen LogP contribution in [0.15, 0.2) is 67.3 Å². The Labute approximate surface area is 206 Å². The Morgan fingerprint density at radius 2 is 2.06 bits per heavy atom. The number of rotatable bonds is 8. The SMILES string of the molecule is COc1ncccc1-c1ccc(O)c(-c2nc3ccc(C(=O)N[C@@H](CO)Cc4cnc[nH]4)cc3[nH]2)c1. The summed E-state index contributed by atoms with van der Waals surface area (Å²) in [7, 11) is 1.56. The van der Waals surface area contributed by atoms with E-state index in [1.54, 1.807) is 56.2 Å². The molecule has 36 heavy (non-hydrogen) atoms. The molecule has 10 nitrogen and oxygen atoms in total. The van der Waals surface area contributed by atoms with E-state index in [2.05, 4.69) is 30.2 Å². The van der Waals surface area contributed by atoms with E-state index in [1.807, 2.05) is 18.2 Å². The molecule has 2 aromatic carbocycles. The van der Waals surface area contributed by atoms with Gasteiger partial charge in [0.1, 0.15) is 11.6 Å². The number of aromatic hydroxyl groups is 1. The van der Waals surface area contributed by atoms with Gasteiger partial charge in [-0.3, -0.25) is 4.79 Å². The summed E-state index contributed by atoms with van der Waals surface area (Å²) in [4.78, 5) is 31.8. The number of fused-ring (bicyclic) bond motifs is 1. The monoisotopic (exact) mass is 484 g/mol. The Bertz CT molecular complexity index is 1510. The highest BCUT2D eigenvalue weighted by Crippen LogP contribution is 2.35. The molecule has 0 spiro atoms. The van der Waals surface area contributed by atoms with Gasteiger partial charge in [-0.2, -0.15) is 0 Å². The molecule has 0 fully saturated rings. The van der Waals surface area contributed by atoms with Crippen molar-refractivity contribution in [3.05, 3.63) is 78.5 Å². The summed E-state index contributed by atoms with van der Waals surface area (Å²) >= 11 is 0. The van der Waals surface area contributed by atoms with Crippen LogP contribution in [-0.4, -0.2) is 60.8 Å². The van der Waals surface area contributed by atoms with Crippen LogP contribution in [-0.2, 0) is 6.42 Å². The van der Waals surface area contributed by atoms with Crippen molar-refractivity contribution in [2.24, 2.45) is 0 Å². The number of pyridine rings is 1. The number of benzene rings is 2. The number of H-pyrrole nitrogens is 2. The Morgan fingerprint density at radius 1 is 1.17 bits per heavy atom. The lowest BCUT2D eigenvalue weighted by molar-refractivity contribution is 0.0916. The van der Waals surface area contributed by atoms with E-state index in [-0.39, 0.29) is 18.3 Å². The predicted octanol–water partition coefficient (Wildman–Crippen LogP) is 3.06. The number of phenolic OH excluding ortho intramolecular Hbond substituents is 1. The first-order chi connectivity index (χ1) is 17.6. The summed E-state index contributed by atoms with van der Waals surface area (Å²) in [6, 6.07) is 13.5. The van der Waals surface area contributed by atoms with Crippen molar-refractivity contribution < 1.29 is 19.7 Å². The van der Waals surface area contributed by atoms with Gasteiger partial charge < -0.3 is 30.2 Å². The molecule has 182 valence electrons. The van der Waals surface area contributed by atoms with Gasteiger partial charge in [0.05, 0.1) is 42.7 Å². The normalized spacial score (nSPS) is 11.9. The van der Waals surface area contributed by atoms with E-state index >= 15 is 0 Å². The van der Waals surface area contributed by atoms with Crippen LogP contribution in [0.2, 0.25) is 0 Å². The molecule has 0 aliphatic rings. The van der Waals surface area contributed by atoms with E-state index in [0.717, 1.165) is 16.8 Å². The fourth-order valence-electron chi connectivity index (χ4n) is 4.04. The maximum atomic E-state index is 12.8. The zero-order chi connectivity index (χ0) is 25.1. The minimum atomic E-state index is -0.463. The van der Waals surface area contributed by atoms with Crippen LogP contribution in [0, 0.1) is 0 Å². The fraction of sp³-hybridized carbons (Fsp3) is 0.154. The summed E-state index contributed by atoms with van der Waals surface area (Å²) in [5.74, 6) is 0.670.